The van der Waals surface area contributed by atoms with Crippen LogP contribution in [0.4, 0.5) is 0 Å². The van der Waals surface area contributed by atoms with Crippen molar-refractivity contribution in [3.05, 3.63) is 47.5 Å². The number of aryl methyl sites for hydroxylation is 1. The van der Waals surface area contributed by atoms with Crippen molar-refractivity contribution >= 4 is 39.3 Å². The number of carbonyl (C=O) groups is 3. The van der Waals surface area contributed by atoms with Crippen LogP contribution in [0.5, 0.6) is 0 Å². The van der Waals surface area contributed by atoms with E-state index in [1.54, 1.807) is 13.8 Å². The number of esters is 1. The van der Waals surface area contributed by atoms with Gasteiger partial charge in [-0.15, -0.1) is 0 Å². The Kier molecular flexibility index (Phi) is 7.03. The molecule has 5 nitrogen and oxygen atoms in total. The highest BCUT2D eigenvalue weighted by atomic mass is 16.5. The summed E-state index contributed by atoms with van der Waals surface area (Å²) in [6, 6.07) is 11.6. The molecule has 0 unspecified atom stereocenters. The second-order valence-electron chi connectivity index (χ2n) is 7.70. The SMILES string of the molecule is CCOC(=O)CCCCCCn1c2ccc(C(C)=O)cc2c2cc(C(C)=O)ccc21. The third kappa shape index (κ3) is 4.78. The number of hydrogen-bond acceptors (Lipinski definition) is 4. The van der Waals surface area contributed by atoms with E-state index < -0.39 is 0 Å². The topological polar surface area (TPSA) is 65.4 Å². The normalized spacial score (nSPS) is 11.2. The summed E-state index contributed by atoms with van der Waals surface area (Å²) in [5.41, 5.74) is 3.49. The number of ether oxygens (including phenoxy) is 1. The van der Waals surface area contributed by atoms with Gasteiger partial charge < -0.3 is 9.30 Å². The van der Waals surface area contributed by atoms with Gasteiger partial charge in [-0.25, -0.2) is 0 Å². The van der Waals surface area contributed by atoms with Gasteiger partial charge >= 0.3 is 5.97 Å². The van der Waals surface area contributed by atoms with E-state index in [0.29, 0.717) is 24.2 Å². The van der Waals surface area contributed by atoms with Gasteiger partial charge in [0.15, 0.2) is 11.6 Å². The van der Waals surface area contributed by atoms with Crippen LogP contribution in [0.2, 0.25) is 0 Å². The molecule has 0 aliphatic heterocycles. The van der Waals surface area contributed by atoms with E-state index in [-0.39, 0.29) is 17.5 Å². The van der Waals surface area contributed by atoms with Gasteiger partial charge in [0, 0.05) is 45.9 Å². The lowest BCUT2D eigenvalue weighted by atomic mass is 10.0. The molecule has 0 N–H and O–H groups in total. The molecule has 1 aromatic heterocycles. The van der Waals surface area contributed by atoms with E-state index >= 15 is 0 Å². The zero-order valence-corrected chi connectivity index (χ0v) is 18.0. The maximum atomic E-state index is 11.9. The highest BCUT2D eigenvalue weighted by molar-refractivity contribution is 6.12. The molecule has 0 amide bonds. The zero-order chi connectivity index (χ0) is 21.7. The van der Waals surface area contributed by atoms with Crippen molar-refractivity contribution in [1.82, 2.24) is 4.57 Å². The number of unbranched alkanes of at least 4 members (excludes halogenated alkanes) is 3. The summed E-state index contributed by atoms with van der Waals surface area (Å²) < 4.78 is 7.23. The maximum Gasteiger partial charge on any atom is 0.305 e. The number of rotatable bonds is 10. The number of ketones is 2. The van der Waals surface area contributed by atoms with E-state index in [2.05, 4.69) is 4.57 Å². The zero-order valence-electron chi connectivity index (χ0n) is 18.0. The molecule has 5 heteroatoms. The number of Topliss-reactive ketones (excluding diaryl/α,β-unsaturated/α-hetero) is 2. The van der Waals surface area contributed by atoms with Crippen molar-refractivity contribution in [3.63, 3.8) is 0 Å². The van der Waals surface area contributed by atoms with Crippen LogP contribution in [0.15, 0.2) is 36.4 Å². The van der Waals surface area contributed by atoms with Gasteiger partial charge in [-0.1, -0.05) is 12.8 Å². The van der Waals surface area contributed by atoms with Crippen molar-refractivity contribution in [2.45, 2.75) is 59.4 Å². The smallest absolute Gasteiger partial charge is 0.305 e. The van der Waals surface area contributed by atoms with E-state index in [1.165, 1.54) is 0 Å². The fraction of sp³-hybridized carbons (Fsp3) is 0.400. The van der Waals surface area contributed by atoms with Crippen LogP contribution in [0.25, 0.3) is 21.8 Å². The molecule has 0 bridgehead atoms. The minimum absolute atomic E-state index is 0.0297. The van der Waals surface area contributed by atoms with Crippen molar-refractivity contribution < 1.29 is 19.1 Å². The average Bonchev–Trinajstić information content (AvgIpc) is 3.03. The standard InChI is InChI=1S/C25H29NO4/c1-4-30-25(29)9-7-5-6-8-14-26-23-12-10-19(17(2)27)15-21(23)22-16-20(18(3)28)11-13-24(22)26/h10-13,15-16H,4-9,14H2,1-3H3. The lowest BCUT2D eigenvalue weighted by Crippen LogP contribution is -2.03. The molecule has 0 aliphatic carbocycles. The van der Waals surface area contributed by atoms with Crippen LogP contribution < -0.4 is 0 Å². The summed E-state index contributed by atoms with van der Waals surface area (Å²) in [6.45, 7) is 6.24. The highest BCUT2D eigenvalue weighted by Crippen LogP contribution is 2.31. The molecular weight excluding hydrogens is 378 g/mol. The molecular formula is C25H29NO4. The van der Waals surface area contributed by atoms with Gasteiger partial charge in [0.05, 0.1) is 6.61 Å². The predicted molar refractivity (Wildman–Crippen MR) is 119 cm³/mol. The largest absolute Gasteiger partial charge is 0.466 e. The van der Waals surface area contributed by atoms with Crippen molar-refractivity contribution in [3.8, 4) is 0 Å². The Morgan fingerprint density at radius 3 is 1.83 bits per heavy atom. The van der Waals surface area contributed by atoms with Crippen LogP contribution in [0.3, 0.4) is 0 Å². The Hall–Kier alpha value is -2.95. The van der Waals surface area contributed by atoms with Crippen molar-refractivity contribution in [1.29, 1.82) is 0 Å². The van der Waals surface area contributed by atoms with E-state index in [0.717, 1.165) is 54.0 Å². The molecule has 0 aliphatic rings. The molecule has 0 atom stereocenters. The monoisotopic (exact) mass is 407 g/mol. The Bertz CT molecular complexity index is 1020. The number of nitrogens with zero attached hydrogens (tertiary/aromatic N) is 1. The first-order valence-corrected chi connectivity index (χ1v) is 10.7. The van der Waals surface area contributed by atoms with Crippen molar-refractivity contribution in [2.75, 3.05) is 6.61 Å². The average molecular weight is 408 g/mol. The first kappa shape index (κ1) is 21.8. The molecule has 0 radical (unpaired) electrons. The van der Waals surface area contributed by atoms with Crippen LogP contribution in [-0.2, 0) is 16.1 Å². The van der Waals surface area contributed by atoms with Gasteiger partial charge in [0.2, 0.25) is 0 Å². The second kappa shape index (κ2) is 9.70. The first-order chi connectivity index (χ1) is 14.4. The summed E-state index contributed by atoms with van der Waals surface area (Å²) in [5, 5.41) is 2.01. The number of aromatic nitrogens is 1. The third-order valence-corrected chi connectivity index (χ3v) is 5.50. The fourth-order valence-corrected chi connectivity index (χ4v) is 3.91. The van der Waals surface area contributed by atoms with E-state index in [9.17, 15) is 14.4 Å². The Labute approximate surface area is 177 Å². The molecule has 0 fully saturated rings. The van der Waals surface area contributed by atoms with E-state index in [1.807, 2.05) is 43.3 Å². The third-order valence-electron chi connectivity index (χ3n) is 5.50. The second-order valence-corrected chi connectivity index (χ2v) is 7.70. The van der Waals surface area contributed by atoms with Crippen LogP contribution in [-0.4, -0.2) is 28.7 Å². The molecule has 30 heavy (non-hydrogen) atoms. The minimum Gasteiger partial charge on any atom is -0.466 e. The molecule has 0 spiro atoms. The first-order valence-electron chi connectivity index (χ1n) is 10.7. The van der Waals surface area contributed by atoms with E-state index in [4.69, 9.17) is 4.74 Å². The summed E-state index contributed by atoms with van der Waals surface area (Å²) in [5.74, 6) is -0.0632. The maximum absolute atomic E-state index is 11.9. The van der Waals surface area contributed by atoms with Crippen LogP contribution in [0, 0.1) is 0 Å². The van der Waals surface area contributed by atoms with Crippen molar-refractivity contribution in [2.24, 2.45) is 0 Å². The Morgan fingerprint density at radius 2 is 1.33 bits per heavy atom. The summed E-state index contributed by atoms with van der Waals surface area (Å²) in [6.07, 6.45) is 4.32. The number of benzene rings is 2. The quantitative estimate of drug-likeness (QED) is 0.245. The Morgan fingerprint density at radius 1 is 0.800 bits per heavy atom. The minimum atomic E-state index is -0.123. The fourth-order valence-electron chi connectivity index (χ4n) is 3.91. The molecule has 3 rings (SSSR count). The summed E-state index contributed by atoms with van der Waals surface area (Å²) in [4.78, 5) is 35.2. The predicted octanol–water partition coefficient (Wildman–Crippen LogP) is 5.71. The van der Waals surface area contributed by atoms with Crippen LogP contribution >= 0.6 is 0 Å². The van der Waals surface area contributed by atoms with Gasteiger partial charge in [0.1, 0.15) is 0 Å². The molecule has 0 saturated carbocycles. The molecule has 0 saturated heterocycles. The molecule has 158 valence electrons. The van der Waals surface area contributed by atoms with Gasteiger partial charge in [-0.05, 0) is 70.0 Å². The summed E-state index contributed by atoms with van der Waals surface area (Å²) in [7, 11) is 0. The molecule has 3 aromatic rings. The number of carbonyl (C=O) groups excluding carboxylic acids is 3. The lowest BCUT2D eigenvalue weighted by Gasteiger charge is -2.08. The number of hydrogen-bond donors (Lipinski definition) is 0. The Balaban J connectivity index is 1.81. The molecule has 2 aromatic carbocycles. The van der Waals surface area contributed by atoms with Gasteiger partial charge in [-0.3, -0.25) is 14.4 Å². The molecule has 1 heterocycles. The summed E-state index contributed by atoms with van der Waals surface area (Å²) >= 11 is 0. The lowest BCUT2D eigenvalue weighted by molar-refractivity contribution is -0.143. The number of fused-ring (bicyclic) bond motifs is 3. The highest BCUT2D eigenvalue weighted by Gasteiger charge is 2.14. The van der Waals surface area contributed by atoms with Gasteiger partial charge in [-0.2, -0.15) is 0 Å². The van der Waals surface area contributed by atoms with Crippen LogP contribution in [0.1, 0.15) is 73.6 Å². The van der Waals surface area contributed by atoms with Gasteiger partial charge in [0.25, 0.3) is 0 Å².